The molecule has 0 radical (unpaired) electrons. The zero-order valence-electron chi connectivity index (χ0n) is 10.8. The number of carbonyl (C=O) groups excluding carboxylic acids is 1. The molecule has 2 aromatic heterocycles. The molecule has 0 atom stereocenters. The Morgan fingerprint density at radius 3 is 2.81 bits per heavy atom. The maximum Gasteiger partial charge on any atom is 0.277 e. The molecule has 104 valence electrons. The van der Waals surface area contributed by atoms with E-state index in [1.807, 2.05) is 0 Å². The van der Waals surface area contributed by atoms with Crippen molar-refractivity contribution < 1.29 is 13.7 Å². The van der Waals surface area contributed by atoms with Gasteiger partial charge in [-0.2, -0.15) is 0 Å². The predicted octanol–water partition coefficient (Wildman–Crippen LogP) is 3.13. The second-order valence-electron chi connectivity index (χ2n) is 4.25. The highest BCUT2D eigenvalue weighted by molar-refractivity contribution is 6.03. The molecule has 1 amide bonds. The quantitative estimate of drug-likeness (QED) is 0.801. The van der Waals surface area contributed by atoms with Gasteiger partial charge in [-0.25, -0.2) is 4.39 Å². The fourth-order valence-electron chi connectivity index (χ4n) is 1.78. The molecule has 0 spiro atoms. The van der Waals surface area contributed by atoms with Gasteiger partial charge in [0.1, 0.15) is 5.82 Å². The molecule has 6 heteroatoms. The van der Waals surface area contributed by atoms with Gasteiger partial charge in [0.05, 0.1) is 5.69 Å². The minimum atomic E-state index is -0.543. The first-order valence-electron chi connectivity index (χ1n) is 6.17. The van der Waals surface area contributed by atoms with Gasteiger partial charge in [-0.1, -0.05) is 17.3 Å². The van der Waals surface area contributed by atoms with Crippen LogP contribution < -0.4 is 5.32 Å². The summed E-state index contributed by atoms with van der Waals surface area (Å²) in [6, 6.07) is 10.9. The number of anilines is 1. The van der Waals surface area contributed by atoms with Gasteiger partial charge in [-0.3, -0.25) is 9.78 Å². The molecule has 0 bridgehead atoms. The number of rotatable bonds is 3. The highest BCUT2D eigenvalue weighted by Crippen LogP contribution is 2.20. The Balaban J connectivity index is 1.80. The van der Waals surface area contributed by atoms with Crippen LogP contribution in [0.25, 0.3) is 11.3 Å². The van der Waals surface area contributed by atoms with Crippen LogP contribution in [0.3, 0.4) is 0 Å². The van der Waals surface area contributed by atoms with E-state index in [9.17, 15) is 9.18 Å². The smallest absolute Gasteiger partial charge is 0.277 e. The summed E-state index contributed by atoms with van der Waals surface area (Å²) in [5.41, 5.74) is 0.862. The lowest BCUT2D eigenvalue weighted by molar-refractivity contribution is 0.101. The maximum atomic E-state index is 13.5. The number of pyridine rings is 1. The van der Waals surface area contributed by atoms with Gasteiger partial charge in [0.2, 0.25) is 0 Å². The second-order valence-corrected chi connectivity index (χ2v) is 4.25. The van der Waals surface area contributed by atoms with Gasteiger partial charge in [-0.05, 0) is 24.3 Å². The Morgan fingerprint density at radius 1 is 1.19 bits per heavy atom. The normalized spacial score (nSPS) is 10.3. The molecular weight excluding hydrogens is 273 g/mol. The average Bonchev–Trinajstić information content (AvgIpc) is 3.00. The van der Waals surface area contributed by atoms with Crippen LogP contribution in [0.4, 0.5) is 10.1 Å². The summed E-state index contributed by atoms with van der Waals surface area (Å²) >= 11 is 0. The van der Waals surface area contributed by atoms with Gasteiger partial charge < -0.3 is 9.84 Å². The molecule has 1 N–H and O–H groups in total. The Kier molecular flexibility index (Phi) is 3.42. The van der Waals surface area contributed by atoms with Crippen molar-refractivity contribution in [1.82, 2.24) is 10.1 Å². The number of hydrogen-bond acceptors (Lipinski definition) is 4. The lowest BCUT2D eigenvalue weighted by atomic mass is 10.2. The molecule has 0 aliphatic rings. The van der Waals surface area contributed by atoms with Crippen LogP contribution in [0.1, 0.15) is 10.5 Å². The van der Waals surface area contributed by atoms with E-state index >= 15 is 0 Å². The molecule has 3 aromatic rings. The van der Waals surface area contributed by atoms with Crippen molar-refractivity contribution in [2.24, 2.45) is 0 Å². The van der Waals surface area contributed by atoms with E-state index < -0.39 is 11.7 Å². The van der Waals surface area contributed by atoms with E-state index in [2.05, 4.69) is 15.5 Å². The molecule has 1 aromatic carbocycles. The number of nitrogens with zero attached hydrogens (tertiary/aromatic N) is 2. The van der Waals surface area contributed by atoms with Crippen LogP contribution in [-0.2, 0) is 0 Å². The van der Waals surface area contributed by atoms with Crippen molar-refractivity contribution in [2.75, 3.05) is 5.32 Å². The number of halogens is 1. The second kappa shape index (κ2) is 5.54. The first-order valence-corrected chi connectivity index (χ1v) is 6.17. The van der Waals surface area contributed by atoms with Crippen LogP contribution in [0, 0.1) is 5.82 Å². The van der Waals surface area contributed by atoms with Crippen LogP contribution in [-0.4, -0.2) is 16.0 Å². The Labute approximate surface area is 119 Å². The van der Waals surface area contributed by atoms with Gasteiger partial charge in [0.25, 0.3) is 5.91 Å². The molecular formula is C15H10FN3O2. The predicted molar refractivity (Wildman–Crippen MR) is 74.1 cm³/mol. The third-order valence-electron chi connectivity index (χ3n) is 2.81. The first kappa shape index (κ1) is 13.0. The van der Waals surface area contributed by atoms with E-state index in [0.29, 0.717) is 11.3 Å². The molecule has 0 aliphatic heterocycles. The Morgan fingerprint density at radius 2 is 2.05 bits per heavy atom. The molecule has 0 fully saturated rings. The van der Waals surface area contributed by atoms with Crippen LogP contribution in [0.15, 0.2) is 59.4 Å². The number of hydrogen-bond donors (Lipinski definition) is 1. The summed E-state index contributed by atoms with van der Waals surface area (Å²) in [7, 11) is 0. The summed E-state index contributed by atoms with van der Waals surface area (Å²) in [6.45, 7) is 0. The molecule has 5 nitrogen and oxygen atoms in total. The summed E-state index contributed by atoms with van der Waals surface area (Å²) in [5, 5.41) is 6.12. The lowest BCUT2D eigenvalue weighted by Gasteiger charge is -2.02. The molecule has 0 unspecified atom stereocenters. The van der Waals surface area contributed by atoms with Gasteiger partial charge in [0, 0.05) is 24.0 Å². The molecule has 0 aliphatic carbocycles. The van der Waals surface area contributed by atoms with Crippen LogP contribution >= 0.6 is 0 Å². The molecule has 3 rings (SSSR count). The zero-order chi connectivity index (χ0) is 14.7. The van der Waals surface area contributed by atoms with Crippen LogP contribution in [0.2, 0.25) is 0 Å². The lowest BCUT2D eigenvalue weighted by Crippen LogP contribution is -2.13. The van der Waals surface area contributed by atoms with Gasteiger partial charge in [0.15, 0.2) is 11.5 Å². The van der Waals surface area contributed by atoms with E-state index in [1.54, 1.807) is 36.7 Å². The topological polar surface area (TPSA) is 68.0 Å². The monoisotopic (exact) mass is 283 g/mol. The number of amides is 1. The third kappa shape index (κ3) is 2.79. The van der Waals surface area contributed by atoms with Crippen LogP contribution in [0.5, 0.6) is 0 Å². The SMILES string of the molecule is O=C(Nc1ccccc1F)c1cc(-c2cccnc2)on1. The Hall–Kier alpha value is -3.02. The maximum absolute atomic E-state index is 13.5. The molecule has 0 saturated carbocycles. The van der Waals surface area contributed by atoms with Crippen molar-refractivity contribution >= 4 is 11.6 Å². The minimum absolute atomic E-state index is 0.0668. The number of aromatic nitrogens is 2. The van der Waals surface area contributed by atoms with E-state index in [-0.39, 0.29) is 11.4 Å². The van der Waals surface area contributed by atoms with Crippen molar-refractivity contribution in [3.8, 4) is 11.3 Å². The zero-order valence-corrected chi connectivity index (χ0v) is 10.8. The fraction of sp³-hybridized carbons (Fsp3) is 0. The largest absolute Gasteiger partial charge is 0.355 e. The van der Waals surface area contributed by atoms with Crippen molar-refractivity contribution in [3.63, 3.8) is 0 Å². The number of carbonyl (C=O) groups is 1. The third-order valence-corrected chi connectivity index (χ3v) is 2.81. The standard InChI is InChI=1S/C15H10FN3O2/c16-11-5-1-2-6-12(11)18-15(20)13-8-14(21-19-13)10-4-3-7-17-9-10/h1-9H,(H,18,20). The van der Waals surface area contributed by atoms with Gasteiger partial charge >= 0.3 is 0 Å². The van der Waals surface area contributed by atoms with Crippen molar-refractivity contribution in [3.05, 3.63) is 66.4 Å². The molecule has 21 heavy (non-hydrogen) atoms. The molecule has 0 saturated heterocycles. The summed E-state index contributed by atoms with van der Waals surface area (Å²) < 4.78 is 18.6. The number of para-hydroxylation sites is 1. The number of nitrogens with one attached hydrogen (secondary N) is 1. The van der Waals surface area contributed by atoms with E-state index in [1.165, 1.54) is 18.2 Å². The fourth-order valence-corrected chi connectivity index (χ4v) is 1.78. The first-order chi connectivity index (χ1) is 10.2. The van der Waals surface area contributed by atoms with Crippen molar-refractivity contribution in [2.45, 2.75) is 0 Å². The summed E-state index contributed by atoms with van der Waals surface area (Å²) in [4.78, 5) is 16.0. The highest BCUT2D eigenvalue weighted by atomic mass is 19.1. The van der Waals surface area contributed by atoms with E-state index in [0.717, 1.165) is 0 Å². The summed E-state index contributed by atoms with van der Waals surface area (Å²) in [5.74, 6) is -0.636. The van der Waals surface area contributed by atoms with E-state index in [4.69, 9.17) is 4.52 Å². The van der Waals surface area contributed by atoms with Gasteiger partial charge in [-0.15, -0.1) is 0 Å². The van der Waals surface area contributed by atoms with Crippen molar-refractivity contribution in [1.29, 1.82) is 0 Å². The minimum Gasteiger partial charge on any atom is -0.355 e. The molecule has 2 heterocycles. The number of benzene rings is 1. The Bertz CT molecular complexity index is 771. The highest BCUT2D eigenvalue weighted by Gasteiger charge is 2.15. The average molecular weight is 283 g/mol. The summed E-state index contributed by atoms with van der Waals surface area (Å²) in [6.07, 6.45) is 3.23.